The van der Waals surface area contributed by atoms with E-state index >= 15 is 0 Å². The predicted molar refractivity (Wildman–Crippen MR) is 99.3 cm³/mol. The standard InChI is InChI=1S/C21H40O/c1-4-5-6-7-8-9-10-11-12-13-14-15-16-17-18-19-21(22)20(2)3/h11-12,20H,4-10,13-19H2,1-3H3/b12-11-. The molecule has 0 aromatic rings. The monoisotopic (exact) mass is 308 g/mol. The summed E-state index contributed by atoms with van der Waals surface area (Å²) in [7, 11) is 0. The summed E-state index contributed by atoms with van der Waals surface area (Å²) in [6.07, 6.45) is 22.6. The molecule has 0 aliphatic heterocycles. The second-order valence-electron chi connectivity index (χ2n) is 6.96. The van der Waals surface area contributed by atoms with E-state index in [1.165, 1.54) is 77.0 Å². The molecule has 0 rings (SSSR count). The van der Waals surface area contributed by atoms with E-state index in [0.717, 1.165) is 12.8 Å². The average molecular weight is 309 g/mol. The first-order valence-corrected chi connectivity index (χ1v) is 9.86. The molecule has 0 unspecified atom stereocenters. The van der Waals surface area contributed by atoms with E-state index in [1.807, 2.05) is 13.8 Å². The molecular weight excluding hydrogens is 268 g/mol. The Labute approximate surface area is 140 Å². The van der Waals surface area contributed by atoms with E-state index in [0.29, 0.717) is 5.78 Å². The van der Waals surface area contributed by atoms with Crippen LogP contribution in [0.5, 0.6) is 0 Å². The van der Waals surface area contributed by atoms with Crippen LogP contribution < -0.4 is 0 Å². The topological polar surface area (TPSA) is 17.1 Å². The van der Waals surface area contributed by atoms with Crippen LogP contribution in [0.4, 0.5) is 0 Å². The molecule has 0 aliphatic rings. The average Bonchev–Trinajstić information content (AvgIpc) is 2.50. The van der Waals surface area contributed by atoms with Crippen LogP contribution in [0.15, 0.2) is 12.2 Å². The second kappa shape index (κ2) is 16.8. The van der Waals surface area contributed by atoms with Gasteiger partial charge in [0, 0.05) is 12.3 Å². The number of carbonyl (C=O) groups is 1. The van der Waals surface area contributed by atoms with Crippen LogP contribution in [0.1, 0.15) is 111 Å². The Balaban J connectivity index is 3.16. The lowest BCUT2D eigenvalue weighted by molar-refractivity contribution is -0.122. The molecule has 0 atom stereocenters. The largest absolute Gasteiger partial charge is 0.299 e. The maximum Gasteiger partial charge on any atom is 0.135 e. The zero-order valence-corrected chi connectivity index (χ0v) is 15.5. The fraction of sp³-hybridized carbons (Fsp3) is 0.857. The van der Waals surface area contributed by atoms with Crippen molar-refractivity contribution in [3.8, 4) is 0 Å². The first kappa shape index (κ1) is 21.4. The minimum Gasteiger partial charge on any atom is -0.299 e. The van der Waals surface area contributed by atoms with Crippen molar-refractivity contribution < 1.29 is 4.79 Å². The van der Waals surface area contributed by atoms with Gasteiger partial charge in [0.15, 0.2) is 0 Å². The van der Waals surface area contributed by atoms with Crippen LogP contribution in [0.3, 0.4) is 0 Å². The molecule has 0 fully saturated rings. The maximum atomic E-state index is 11.5. The van der Waals surface area contributed by atoms with Gasteiger partial charge < -0.3 is 0 Å². The summed E-state index contributed by atoms with van der Waals surface area (Å²) in [4.78, 5) is 11.5. The molecule has 0 bridgehead atoms. The first-order valence-electron chi connectivity index (χ1n) is 9.86. The summed E-state index contributed by atoms with van der Waals surface area (Å²) < 4.78 is 0. The summed E-state index contributed by atoms with van der Waals surface area (Å²) in [6.45, 7) is 6.27. The minimum atomic E-state index is 0.219. The highest BCUT2D eigenvalue weighted by atomic mass is 16.1. The van der Waals surface area contributed by atoms with E-state index in [2.05, 4.69) is 19.1 Å². The van der Waals surface area contributed by atoms with E-state index in [4.69, 9.17) is 0 Å². The van der Waals surface area contributed by atoms with Crippen molar-refractivity contribution in [3.63, 3.8) is 0 Å². The molecule has 22 heavy (non-hydrogen) atoms. The Morgan fingerprint density at radius 2 is 1.18 bits per heavy atom. The van der Waals surface area contributed by atoms with Crippen molar-refractivity contribution in [2.24, 2.45) is 5.92 Å². The van der Waals surface area contributed by atoms with Crippen LogP contribution in [-0.4, -0.2) is 5.78 Å². The molecule has 0 aliphatic carbocycles. The molecule has 0 N–H and O–H groups in total. The van der Waals surface area contributed by atoms with Gasteiger partial charge in [-0.25, -0.2) is 0 Å². The number of ketones is 1. The molecule has 0 radical (unpaired) electrons. The lowest BCUT2D eigenvalue weighted by Crippen LogP contribution is -2.05. The van der Waals surface area contributed by atoms with Crippen LogP contribution >= 0.6 is 0 Å². The van der Waals surface area contributed by atoms with Gasteiger partial charge in [0.2, 0.25) is 0 Å². The van der Waals surface area contributed by atoms with Gasteiger partial charge in [0.1, 0.15) is 5.78 Å². The predicted octanol–water partition coefficient (Wildman–Crippen LogP) is 7.25. The molecule has 1 nitrogen and oxygen atoms in total. The Hall–Kier alpha value is -0.590. The highest BCUT2D eigenvalue weighted by Crippen LogP contribution is 2.11. The van der Waals surface area contributed by atoms with E-state index < -0.39 is 0 Å². The van der Waals surface area contributed by atoms with Crippen molar-refractivity contribution >= 4 is 5.78 Å². The number of hydrogen-bond acceptors (Lipinski definition) is 1. The quantitative estimate of drug-likeness (QED) is 0.217. The van der Waals surface area contributed by atoms with Gasteiger partial charge in [0.25, 0.3) is 0 Å². The summed E-state index contributed by atoms with van der Waals surface area (Å²) in [5.41, 5.74) is 0. The van der Waals surface area contributed by atoms with Crippen LogP contribution in [0.25, 0.3) is 0 Å². The molecule has 0 saturated heterocycles. The normalized spacial score (nSPS) is 11.6. The van der Waals surface area contributed by atoms with Crippen molar-refractivity contribution in [3.05, 3.63) is 12.2 Å². The minimum absolute atomic E-state index is 0.219. The molecule has 0 amide bonds. The molecule has 0 saturated carbocycles. The SMILES string of the molecule is CCCCCCCC/C=C\CCCCCCCC(=O)C(C)C. The van der Waals surface area contributed by atoms with Crippen LogP contribution in [-0.2, 0) is 4.79 Å². The highest BCUT2D eigenvalue weighted by molar-refractivity contribution is 5.80. The van der Waals surface area contributed by atoms with Crippen molar-refractivity contribution in [1.29, 1.82) is 0 Å². The van der Waals surface area contributed by atoms with E-state index in [1.54, 1.807) is 0 Å². The maximum absolute atomic E-state index is 11.5. The number of allylic oxidation sites excluding steroid dienone is 2. The van der Waals surface area contributed by atoms with E-state index in [9.17, 15) is 4.79 Å². The fourth-order valence-electron chi connectivity index (χ4n) is 2.66. The third-order valence-electron chi connectivity index (χ3n) is 4.33. The van der Waals surface area contributed by atoms with Gasteiger partial charge in [-0.1, -0.05) is 84.3 Å². The molecule has 130 valence electrons. The molecule has 0 aromatic carbocycles. The molecule has 0 heterocycles. The summed E-state index contributed by atoms with van der Waals surface area (Å²) in [5, 5.41) is 0. The summed E-state index contributed by atoms with van der Waals surface area (Å²) in [6, 6.07) is 0. The van der Waals surface area contributed by atoms with Crippen molar-refractivity contribution in [1.82, 2.24) is 0 Å². The lowest BCUT2D eigenvalue weighted by atomic mass is 10.0. The number of unbranched alkanes of at least 4 members (excludes halogenated alkanes) is 11. The summed E-state index contributed by atoms with van der Waals surface area (Å²) >= 11 is 0. The Kier molecular flexibility index (Phi) is 16.3. The molecule has 1 heteroatoms. The Bertz CT molecular complexity index is 265. The van der Waals surface area contributed by atoms with Gasteiger partial charge in [-0.05, 0) is 32.1 Å². The third kappa shape index (κ3) is 15.8. The molecule has 0 spiro atoms. The molecular formula is C21H40O. The first-order chi connectivity index (χ1) is 10.7. The zero-order chi connectivity index (χ0) is 16.5. The van der Waals surface area contributed by atoms with Crippen molar-refractivity contribution in [2.75, 3.05) is 0 Å². The number of rotatable bonds is 16. The van der Waals surface area contributed by atoms with Gasteiger partial charge in [-0.3, -0.25) is 4.79 Å². The fourth-order valence-corrected chi connectivity index (χ4v) is 2.66. The van der Waals surface area contributed by atoms with Gasteiger partial charge >= 0.3 is 0 Å². The van der Waals surface area contributed by atoms with Crippen LogP contribution in [0.2, 0.25) is 0 Å². The lowest BCUT2D eigenvalue weighted by Gasteiger charge is -2.03. The summed E-state index contributed by atoms with van der Waals surface area (Å²) in [5.74, 6) is 0.648. The van der Waals surface area contributed by atoms with Crippen molar-refractivity contribution in [2.45, 2.75) is 111 Å². The third-order valence-corrected chi connectivity index (χ3v) is 4.33. The molecule has 0 aromatic heterocycles. The van der Waals surface area contributed by atoms with Gasteiger partial charge in [-0.2, -0.15) is 0 Å². The van der Waals surface area contributed by atoms with E-state index in [-0.39, 0.29) is 5.92 Å². The number of Topliss-reactive ketones (excluding diaryl/α,β-unsaturated/α-hetero) is 1. The smallest absolute Gasteiger partial charge is 0.135 e. The zero-order valence-electron chi connectivity index (χ0n) is 15.5. The van der Waals surface area contributed by atoms with Crippen LogP contribution in [0, 0.1) is 5.92 Å². The Morgan fingerprint density at radius 1 is 0.727 bits per heavy atom. The number of hydrogen-bond donors (Lipinski definition) is 0. The van der Waals surface area contributed by atoms with Gasteiger partial charge in [0.05, 0.1) is 0 Å². The number of carbonyl (C=O) groups excluding carboxylic acids is 1. The highest BCUT2D eigenvalue weighted by Gasteiger charge is 2.05. The van der Waals surface area contributed by atoms with Gasteiger partial charge in [-0.15, -0.1) is 0 Å². The second-order valence-corrected chi connectivity index (χ2v) is 6.96. The Morgan fingerprint density at radius 3 is 1.68 bits per heavy atom.